The van der Waals surface area contributed by atoms with Crippen molar-refractivity contribution >= 4 is 175 Å². The van der Waals surface area contributed by atoms with Crippen LogP contribution in [-0.4, -0.2) is 27.4 Å². The molecule has 20 aromatic carbocycles. The van der Waals surface area contributed by atoms with Crippen LogP contribution in [0.5, 0.6) is 0 Å². The highest BCUT2D eigenvalue weighted by Gasteiger charge is 2.28. The predicted molar refractivity (Wildman–Crippen MR) is 554 cm³/mol. The first-order chi connectivity index (χ1) is 67.3. The van der Waals surface area contributed by atoms with Crippen LogP contribution in [0.25, 0.3) is 253 Å². The Morgan fingerprint density at radius 1 is 0.169 bits per heavy atom. The van der Waals surface area contributed by atoms with Crippen molar-refractivity contribution in [3.63, 3.8) is 0 Å². The molecule has 12 nitrogen and oxygen atoms in total. The number of nitrogens with zero attached hydrogens (tertiary/aromatic N) is 10. The monoisotopic (exact) mass is 1730 g/mol. The minimum absolute atomic E-state index is 0.515. The molecule has 0 amide bonds. The van der Waals surface area contributed by atoms with E-state index in [1.165, 1.54) is 26.9 Å². The minimum Gasteiger partial charge on any atom is -0.456 e. The van der Waals surface area contributed by atoms with Crippen LogP contribution in [0.3, 0.4) is 0 Å². The predicted octanol–water partition coefficient (Wildman–Crippen LogP) is 31.9. The molecule has 8 heterocycles. The van der Waals surface area contributed by atoms with E-state index >= 15 is 0 Å². The number of furan rings is 2. The molecular formula is C124H70N10O2. The Bertz CT molecular complexity index is 10200. The number of benzene rings is 20. The first-order valence-corrected chi connectivity index (χ1v) is 45.4. The van der Waals surface area contributed by atoms with Crippen molar-refractivity contribution in [1.82, 2.24) is 27.4 Å². The number of hydrogen-bond donors (Lipinski definition) is 0. The smallest absolute Gasteiger partial charge is 0.137 e. The summed E-state index contributed by atoms with van der Waals surface area (Å²) in [6, 6.07) is 158. The molecule has 628 valence electrons. The van der Waals surface area contributed by atoms with Gasteiger partial charge in [-0.3, -0.25) is 0 Å². The molecule has 0 unspecified atom stereocenters. The van der Waals surface area contributed by atoms with Gasteiger partial charge >= 0.3 is 0 Å². The fourth-order valence-corrected chi connectivity index (χ4v) is 21.9. The topological polar surface area (TPSA) is 151 Å². The lowest BCUT2D eigenvalue weighted by molar-refractivity contribution is 0.669. The van der Waals surface area contributed by atoms with Crippen molar-refractivity contribution in [3.05, 3.63) is 447 Å². The molecular weight excluding hydrogens is 1660 g/mol. The van der Waals surface area contributed by atoms with Crippen LogP contribution in [0.2, 0.25) is 0 Å². The van der Waals surface area contributed by atoms with Crippen LogP contribution >= 0.6 is 0 Å². The summed E-state index contributed by atoms with van der Waals surface area (Å²) in [5.41, 5.74) is 31.5. The maximum atomic E-state index is 11.0. The average molecular weight is 1730 g/mol. The molecule has 12 heteroatoms. The number of para-hydroxylation sites is 10. The molecule has 28 rings (SSSR count). The third kappa shape index (κ3) is 11.6. The summed E-state index contributed by atoms with van der Waals surface area (Å²) in [5.74, 6) is 0. The fraction of sp³-hybridized carbons (Fsp3) is 0. The Hall–Kier alpha value is -19.2. The van der Waals surface area contributed by atoms with Gasteiger partial charge in [-0.1, -0.05) is 249 Å². The van der Waals surface area contributed by atoms with Crippen LogP contribution in [0.4, 0.5) is 0 Å². The molecule has 0 atom stereocenters. The normalized spacial score (nSPS) is 11.8. The molecule has 0 fully saturated rings. The van der Waals surface area contributed by atoms with Crippen molar-refractivity contribution in [2.75, 3.05) is 0 Å². The summed E-state index contributed by atoms with van der Waals surface area (Å²) in [6.07, 6.45) is 0. The van der Waals surface area contributed by atoms with E-state index in [9.17, 15) is 21.0 Å². The van der Waals surface area contributed by atoms with E-state index < -0.39 is 0 Å². The summed E-state index contributed by atoms with van der Waals surface area (Å²) >= 11 is 0. The first-order valence-electron chi connectivity index (χ1n) is 45.4. The van der Waals surface area contributed by atoms with Crippen molar-refractivity contribution < 1.29 is 8.83 Å². The number of aromatic nitrogens is 6. The van der Waals surface area contributed by atoms with Gasteiger partial charge in [0.2, 0.25) is 0 Å². The van der Waals surface area contributed by atoms with Gasteiger partial charge in [-0.15, -0.1) is 0 Å². The molecule has 0 aliphatic heterocycles. The van der Waals surface area contributed by atoms with Gasteiger partial charge in [-0.2, -0.15) is 21.0 Å². The average Bonchev–Trinajstić information content (AvgIpc) is 1.54. The molecule has 8 aromatic heterocycles. The highest BCUT2D eigenvalue weighted by molar-refractivity contribution is 6.29. The number of hydrogen-bond acceptors (Lipinski definition) is 6. The molecule has 0 radical (unpaired) electrons. The summed E-state index contributed by atoms with van der Waals surface area (Å²) in [5, 5.41) is 59.6. The van der Waals surface area contributed by atoms with Crippen molar-refractivity contribution in [2.24, 2.45) is 0 Å². The van der Waals surface area contributed by atoms with Gasteiger partial charge in [-0.25, -0.2) is 0 Å². The summed E-state index contributed by atoms with van der Waals surface area (Å²) in [4.78, 5) is 0. The van der Waals surface area contributed by atoms with E-state index in [4.69, 9.17) is 8.83 Å². The Morgan fingerprint density at radius 2 is 0.507 bits per heavy atom. The quantitative estimate of drug-likeness (QED) is 0.133. The lowest BCUT2D eigenvalue weighted by Gasteiger charge is -2.17. The summed E-state index contributed by atoms with van der Waals surface area (Å²) < 4.78 is 27.4. The number of rotatable bonds is 10. The largest absolute Gasteiger partial charge is 0.456 e. The van der Waals surface area contributed by atoms with E-state index in [1.54, 1.807) is 0 Å². The third-order valence-corrected chi connectivity index (χ3v) is 27.8. The molecule has 28 aromatic rings. The van der Waals surface area contributed by atoms with Gasteiger partial charge < -0.3 is 36.2 Å². The number of fused-ring (bicyclic) bond motifs is 26. The zero-order valence-corrected chi connectivity index (χ0v) is 72.7. The van der Waals surface area contributed by atoms with Crippen molar-refractivity contribution in [1.29, 1.82) is 21.0 Å². The second-order valence-electron chi connectivity index (χ2n) is 35.0. The summed E-state index contributed by atoms with van der Waals surface area (Å²) in [6.45, 7) is 0. The Kier molecular flexibility index (Phi) is 17.0. The Balaban J connectivity index is 0.000000138. The summed E-state index contributed by atoms with van der Waals surface area (Å²) in [7, 11) is 0. The van der Waals surface area contributed by atoms with E-state index in [0.29, 0.717) is 22.3 Å². The number of nitriles is 4. The van der Waals surface area contributed by atoms with E-state index in [0.717, 1.165) is 226 Å². The maximum Gasteiger partial charge on any atom is 0.137 e. The molecule has 0 spiro atoms. The molecule has 0 N–H and O–H groups in total. The zero-order valence-electron chi connectivity index (χ0n) is 72.7. The zero-order chi connectivity index (χ0) is 90.1. The maximum absolute atomic E-state index is 11.0. The highest BCUT2D eigenvalue weighted by Crippen LogP contribution is 2.50. The Labute approximate surface area is 776 Å². The van der Waals surface area contributed by atoms with Crippen LogP contribution < -0.4 is 0 Å². The second kappa shape index (κ2) is 30.2. The lowest BCUT2D eigenvalue weighted by Crippen LogP contribution is -2.01. The molecule has 136 heavy (non-hydrogen) atoms. The van der Waals surface area contributed by atoms with E-state index in [-0.39, 0.29) is 0 Å². The van der Waals surface area contributed by atoms with Gasteiger partial charge in [0.25, 0.3) is 0 Å². The van der Waals surface area contributed by atoms with Crippen LogP contribution in [0, 0.1) is 45.3 Å². The lowest BCUT2D eigenvalue weighted by atomic mass is 9.93. The molecule has 0 bridgehead atoms. The molecule has 0 saturated carbocycles. The fourth-order valence-electron chi connectivity index (χ4n) is 21.9. The van der Waals surface area contributed by atoms with Crippen molar-refractivity contribution in [2.45, 2.75) is 0 Å². The van der Waals surface area contributed by atoms with Crippen LogP contribution in [-0.2, 0) is 0 Å². The van der Waals surface area contributed by atoms with Crippen LogP contribution in [0.15, 0.2) is 433 Å². The van der Waals surface area contributed by atoms with Gasteiger partial charge in [0.05, 0.1) is 113 Å². The SMILES string of the molecule is N#Cc1ccc(-c2ccc(-c3cc(-n4c5ccccc5c5cc6c(cc54)oc4ccccc46)cc(-n4c5ccccc5c5c4ccc4c6ccccc6n(-c6ccccc6)c45)c3)c(C#N)c2)cc1.N#Cc1ccccc1-c1ccc(-c2cc(-n3c4ccccc4c4cc5c(cc43)oc3ccccc35)cc(-n3c4ccccc4c4c3ccc3c5ccccc5n(-c5ccccc5)c34)c2)c(C#N)c1. The van der Waals surface area contributed by atoms with Gasteiger partial charge in [0, 0.05) is 132 Å². The highest BCUT2D eigenvalue weighted by atomic mass is 16.3. The van der Waals surface area contributed by atoms with Gasteiger partial charge in [0.1, 0.15) is 22.3 Å². The Morgan fingerprint density at radius 3 is 0.941 bits per heavy atom. The minimum atomic E-state index is 0.515. The van der Waals surface area contributed by atoms with Crippen molar-refractivity contribution in [3.8, 4) is 103 Å². The van der Waals surface area contributed by atoms with Gasteiger partial charge in [0.15, 0.2) is 0 Å². The van der Waals surface area contributed by atoms with Crippen LogP contribution in [0.1, 0.15) is 22.3 Å². The second-order valence-corrected chi connectivity index (χ2v) is 35.0. The molecule has 0 saturated heterocycles. The van der Waals surface area contributed by atoms with E-state index in [1.807, 2.05) is 97.1 Å². The standard InChI is InChI=1S/2C62H35N5O/c63-36-38-22-24-39(25-23-38)40-26-27-46(42(30-40)37-64)41-31-44(33-45(32-41)66-54-18-8-5-15-48(54)52-34-53-49-16-7-11-21-59(49)68-60(53)35-58(52)66)65-56-20-10-6-17-51(56)61-57(65)29-28-50-47-14-4-9-19-55(47)67(62(50)61)43-12-2-1-3-13-43;63-36-39-14-4-5-17-45(39)38-26-27-46(41(30-38)37-64)40-31-43(33-44(32-40)66-54-22-10-7-19-48(54)52-34-53-49-20-9-13-25-59(49)68-60(53)35-58(52)66)65-56-24-12-8-21-51(56)61-57(65)29-28-50-47-18-6-11-23-55(47)67(62(50)61)42-15-2-1-3-16-42/h2*1-35H. The van der Waals surface area contributed by atoms with Gasteiger partial charge in [-0.05, 0) is 208 Å². The molecule has 0 aliphatic rings. The molecule has 0 aliphatic carbocycles. The first kappa shape index (κ1) is 76.8. The van der Waals surface area contributed by atoms with E-state index in [2.05, 4.69) is 379 Å². The third-order valence-electron chi connectivity index (χ3n) is 27.8.